The van der Waals surface area contributed by atoms with E-state index in [1.165, 1.54) is 6.07 Å². The number of hydrogen-bond donors (Lipinski definition) is 1. The first kappa shape index (κ1) is 17.2. The van der Waals surface area contributed by atoms with Crippen molar-refractivity contribution in [2.75, 3.05) is 4.90 Å². The van der Waals surface area contributed by atoms with E-state index >= 15 is 0 Å². The Morgan fingerprint density at radius 3 is 1.50 bits per heavy atom. The third kappa shape index (κ3) is 1.99. The molecule has 4 aliphatic rings. The summed E-state index contributed by atoms with van der Waals surface area (Å²) < 4.78 is 0. The van der Waals surface area contributed by atoms with Crippen molar-refractivity contribution in [1.29, 1.82) is 0 Å². The van der Waals surface area contributed by atoms with E-state index in [1.54, 1.807) is 18.2 Å². The number of carbonyl (C=O) groups is 3. The lowest BCUT2D eigenvalue weighted by atomic mass is 9.55. The standard InChI is InChI=1S/C25H17NO4/c27-23-21-19-13-7-1-2-8-14(13)20(16-10-4-3-9-15(16)19)22(21)24(28)26(23)18-12-6-5-11-17(18)25(29)30/h1-12,19-22H,(H,29,30). The van der Waals surface area contributed by atoms with Crippen molar-refractivity contribution >= 4 is 23.5 Å². The van der Waals surface area contributed by atoms with Gasteiger partial charge in [-0.25, -0.2) is 9.69 Å². The molecule has 1 fully saturated rings. The topological polar surface area (TPSA) is 74.7 Å². The number of amides is 2. The van der Waals surface area contributed by atoms with Crippen LogP contribution in [-0.4, -0.2) is 22.9 Å². The number of carbonyl (C=O) groups excluding carboxylic acids is 2. The molecule has 3 aromatic carbocycles. The van der Waals surface area contributed by atoms with Crippen LogP contribution in [0.2, 0.25) is 0 Å². The molecule has 5 nitrogen and oxygen atoms in total. The maximum absolute atomic E-state index is 13.6. The number of benzene rings is 3. The minimum atomic E-state index is -1.16. The van der Waals surface area contributed by atoms with Crippen LogP contribution in [0.3, 0.4) is 0 Å². The zero-order valence-corrected chi connectivity index (χ0v) is 15.9. The molecule has 2 amide bonds. The third-order valence-corrected chi connectivity index (χ3v) is 6.82. The van der Waals surface area contributed by atoms with Crippen molar-refractivity contribution < 1.29 is 19.5 Å². The van der Waals surface area contributed by atoms with E-state index in [1.807, 2.05) is 48.5 Å². The van der Waals surface area contributed by atoms with Crippen molar-refractivity contribution in [3.63, 3.8) is 0 Å². The number of aromatic carboxylic acids is 1. The summed E-state index contributed by atoms with van der Waals surface area (Å²) in [7, 11) is 0. The normalized spacial score (nSPS) is 25.7. The summed E-state index contributed by atoms with van der Waals surface area (Å²) in [6.07, 6.45) is 0. The van der Waals surface area contributed by atoms with Gasteiger partial charge >= 0.3 is 5.97 Å². The van der Waals surface area contributed by atoms with Gasteiger partial charge in [-0.2, -0.15) is 0 Å². The summed E-state index contributed by atoms with van der Waals surface area (Å²) in [5.74, 6) is -3.22. The second kappa shape index (κ2) is 5.89. The molecule has 0 aromatic heterocycles. The summed E-state index contributed by atoms with van der Waals surface area (Å²) in [6.45, 7) is 0. The van der Waals surface area contributed by atoms with Gasteiger partial charge in [0, 0.05) is 11.8 Å². The summed E-state index contributed by atoms with van der Waals surface area (Å²) in [5, 5.41) is 9.61. The molecule has 2 atom stereocenters. The van der Waals surface area contributed by atoms with E-state index in [2.05, 4.69) is 0 Å². The Hall–Kier alpha value is -3.73. The molecular weight excluding hydrogens is 378 g/mol. The molecule has 5 heteroatoms. The van der Waals surface area contributed by atoms with Crippen molar-refractivity contribution in [1.82, 2.24) is 0 Å². The number of carboxylic acids is 1. The van der Waals surface area contributed by atoms with Crippen LogP contribution in [0.15, 0.2) is 72.8 Å². The van der Waals surface area contributed by atoms with E-state index in [9.17, 15) is 19.5 Å². The second-order valence-electron chi connectivity index (χ2n) is 8.10. The quantitative estimate of drug-likeness (QED) is 0.670. The Balaban J connectivity index is 1.58. The molecule has 3 aromatic rings. The molecule has 1 aliphatic heterocycles. The molecule has 1 heterocycles. The highest BCUT2D eigenvalue weighted by atomic mass is 16.4. The molecule has 3 aliphatic carbocycles. The van der Waals surface area contributed by atoms with Gasteiger partial charge in [-0.15, -0.1) is 0 Å². The molecule has 30 heavy (non-hydrogen) atoms. The first-order valence-electron chi connectivity index (χ1n) is 9.97. The van der Waals surface area contributed by atoms with Gasteiger partial charge in [-0.1, -0.05) is 60.7 Å². The van der Waals surface area contributed by atoms with Crippen LogP contribution in [0.1, 0.15) is 44.4 Å². The van der Waals surface area contributed by atoms with Crippen molar-refractivity contribution in [3.8, 4) is 0 Å². The van der Waals surface area contributed by atoms with Crippen LogP contribution in [-0.2, 0) is 9.59 Å². The number of hydrogen-bond acceptors (Lipinski definition) is 3. The summed E-state index contributed by atoms with van der Waals surface area (Å²) in [4.78, 5) is 40.2. The lowest BCUT2D eigenvalue weighted by molar-refractivity contribution is -0.122. The summed E-state index contributed by atoms with van der Waals surface area (Å²) >= 11 is 0. The molecule has 2 bridgehead atoms. The fraction of sp³-hybridized carbons (Fsp3) is 0.160. The Kier molecular flexibility index (Phi) is 3.37. The first-order valence-corrected chi connectivity index (χ1v) is 9.97. The number of para-hydroxylation sites is 1. The summed E-state index contributed by atoms with van der Waals surface area (Å²) in [6, 6.07) is 22.3. The molecule has 1 N–H and O–H groups in total. The smallest absolute Gasteiger partial charge is 0.337 e. The fourth-order valence-corrected chi connectivity index (χ4v) is 5.76. The van der Waals surface area contributed by atoms with Gasteiger partial charge in [0.05, 0.1) is 23.1 Å². The van der Waals surface area contributed by atoms with Crippen molar-refractivity contribution in [2.24, 2.45) is 11.8 Å². The van der Waals surface area contributed by atoms with Crippen molar-refractivity contribution in [3.05, 3.63) is 101 Å². The predicted octanol–water partition coefficient (Wildman–Crippen LogP) is 3.78. The lowest BCUT2D eigenvalue weighted by Gasteiger charge is -2.45. The third-order valence-electron chi connectivity index (χ3n) is 6.82. The van der Waals surface area contributed by atoms with Crippen LogP contribution < -0.4 is 4.90 Å². The minimum Gasteiger partial charge on any atom is -0.478 e. The highest BCUT2D eigenvalue weighted by Crippen LogP contribution is 2.61. The Morgan fingerprint density at radius 1 is 0.667 bits per heavy atom. The van der Waals surface area contributed by atoms with E-state index in [0.29, 0.717) is 0 Å². The maximum Gasteiger partial charge on any atom is 0.337 e. The zero-order valence-electron chi connectivity index (χ0n) is 15.9. The lowest BCUT2D eigenvalue weighted by Crippen LogP contribution is -2.41. The zero-order chi connectivity index (χ0) is 20.6. The fourth-order valence-electron chi connectivity index (χ4n) is 5.76. The Bertz CT molecular complexity index is 1150. The SMILES string of the molecule is O=C(O)c1ccccc1N1C(=O)C2C3c4ccccc4C(c4ccccc43)C2C1=O. The monoisotopic (exact) mass is 395 g/mol. The largest absolute Gasteiger partial charge is 0.478 e. The van der Waals surface area contributed by atoms with Crippen LogP contribution in [0.4, 0.5) is 5.69 Å². The predicted molar refractivity (Wildman–Crippen MR) is 109 cm³/mol. The highest BCUT2D eigenvalue weighted by molar-refractivity contribution is 6.25. The first-order chi connectivity index (χ1) is 14.6. The van der Waals surface area contributed by atoms with Gasteiger partial charge in [0.25, 0.3) is 0 Å². The molecule has 1 saturated heterocycles. The number of nitrogens with zero attached hydrogens (tertiary/aromatic N) is 1. The van der Waals surface area contributed by atoms with Crippen molar-refractivity contribution in [2.45, 2.75) is 11.8 Å². The van der Waals surface area contributed by atoms with Crippen LogP contribution in [0.25, 0.3) is 0 Å². The Labute approximate surface area is 172 Å². The van der Waals surface area contributed by atoms with Crippen LogP contribution >= 0.6 is 0 Å². The van der Waals surface area contributed by atoms with Gasteiger partial charge in [0.2, 0.25) is 11.8 Å². The average Bonchev–Trinajstić information content (AvgIpc) is 3.04. The molecule has 2 unspecified atom stereocenters. The number of carboxylic acid groups (broad SMARTS) is 1. The number of rotatable bonds is 2. The molecule has 0 radical (unpaired) electrons. The van der Waals surface area contributed by atoms with E-state index < -0.39 is 17.8 Å². The second-order valence-corrected chi connectivity index (χ2v) is 8.10. The number of anilines is 1. The highest BCUT2D eigenvalue weighted by Gasteiger charge is 2.62. The number of imide groups is 1. The molecule has 0 spiro atoms. The molecule has 146 valence electrons. The van der Waals surface area contributed by atoms with Gasteiger partial charge in [0.1, 0.15) is 0 Å². The molecule has 7 rings (SSSR count). The summed E-state index contributed by atoms with van der Waals surface area (Å²) in [5.41, 5.74) is 4.49. The minimum absolute atomic E-state index is 0.0415. The van der Waals surface area contributed by atoms with Gasteiger partial charge < -0.3 is 5.11 Å². The average molecular weight is 395 g/mol. The van der Waals surface area contributed by atoms with Gasteiger partial charge in [0.15, 0.2) is 0 Å². The van der Waals surface area contributed by atoms with E-state index in [4.69, 9.17) is 0 Å². The van der Waals surface area contributed by atoms with Gasteiger partial charge in [-0.3, -0.25) is 9.59 Å². The van der Waals surface area contributed by atoms with E-state index in [-0.39, 0.29) is 34.9 Å². The van der Waals surface area contributed by atoms with Crippen LogP contribution in [0.5, 0.6) is 0 Å². The maximum atomic E-state index is 13.6. The van der Waals surface area contributed by atoms with E-state index in [0.717, 1.165) is 27.2 Å². The van der Waals surface area contributed by atoms with Gasteiger partial charge in [-0.05, 0) is 34.4 Å². The van der Waals surface area contributed by atoms with Crippen LogP contribution in [0, 0.1) is 11.8 Å². The molecule has 0 saturated carbocycles. The Morgan fingerprint density at radius 2 is 1.07 bits per heavy atom. The molecular formula is C25H17NO4.